The van der Waals surface area contributed by atoms with Gasteiger partial charge < -0.3 is 14.6 Å². The third-order valence-corrected chi connectivity index (χ3v) is 3.63. The Morgan fingerprint density at radius 2 is 1.84 bits per heavy atom. The van der Waals surface area contributed by atoms with Gasteiger partial charge in [0.05, 0.1) is 6.42 Å². The van der Waals surface area contributed by atoms with Gasteiger partial charge in [0, 0.05) is 11.1 Å². The van der Waals surface area contributed by atoms with E-state index in [0.29, 0.717) is 17.0 Å². The molecule has 0 atom stereocenters. The molecular formula is C19H18N2O4. The maximum atomic E-state index is 11.9. The van der Waals surface area contributed by atoms with Crippen LogP contribution in [0, 0.1) is 13.8 Å². The zero-order valence-corrected chi connectivity index (χ0v) is 14.0. The number of aromatic nitrogens is 1. The van der Waals surface area contributed by atoms with Crippen LogP contribution in [-0.2, 0) is 20.7 Å². The maximum Gasteiger partial charge on any atom is 0.312 e. The van der Waals surface area contributed by atoms with Crippen molar-refractivity contribution in [3.8, 4) is 0 Å². The average molecular weight is 338 g/mol. The normalized spacial score (nSPS) is 10.6. The summed E-state index contributed by atoms with van der Waals surface area (Å²) in [6.07, 6.45) is -0.0478. The number of aryl methyl sites for hydroxylation is 2. The second-order valence-electron chi connectivity index (χ2n) is 5.89. The molecule has 0 saturated heterocycles. The van der Waals surface area contributed by atoms with Crippen molar-refractivity contribution in [1.82, 2.24) is 5.16 Å². The molecule has 0 spiro atoms. The summed E-state index contributed by atoms with van der Waals surface area (Å²) in [5, 5.41) is 7.35. The van der Waals surface area contributed by atoms with Crippen LogP contribution in [0.5, 0.6) is 0 Å². The molecule has 0 aliphatic rings. The second kappa shape index (κ2) is 7.17. The van der Waals surface area contributed by atoms with Crippen molar-refractivity contribution in [1.29, 1.82) is 0 Å². The summed E-state index contributed by atoms with van der Waals surface area (Å²) in [5.41, 5.74) is 3.88. The first-order valence-electron chi connectivity index (χ1n) is 7.88. The van der Waals surface area contributed by atoms with Gasteiger partial charge in [0.15, 0.2) is 12.2 Å². The number of rotatable bonds is 5. The van der Waals surface area contributed by atoms with Crippen molar-refractivity contribution in [2.45, 2.75) is 20.3 Å². The fourth-order valence-corrected chi connectivity index (χ4v) is 2.64. The Morgan fingerprint density at radius 1 is 1.12 bits per heavy atom. The number of amides is 1. The van der Waals surface area contributed by atoms with Crippen LogP contribution in [0.1, 0.15) is 16.8 Å². The molecule has 25 heavy (non-hydrogen) atoms. The van der Waals surface area contributed by atoms with Crippen molar-refractivity contribution in [3.63, 3.8) is 0 Å². The van der Waals surface area contributed by atoms with Crippen LogP contribution in [0.3, 0.4) is 0 Å². The summed E-state index contributed by atoms with van der Waals surface area (Å²) in [5.74, 6) is -0.919. The molecule has 0 saturated carbocycles. The van der Waals surface area contributed by atoms with E-state index in [1.807, 2.05) is 50.2 Å². The van der Waals surface area contributed by atoms with Gasteiger partial charge in [-0.2, -0.15) is 0 Å². The van der Waals surface area contributed by atoms with Crippen LogP contribution in [0.2, 0.25) is 0 Å². The van der Waals surface area contributed by atoms with E-state index >= 15 is 0 Å². The van der Waals surface area contributed by atoms with Gasteiger partial charge in [-0.15, -0.1) is 0 Å². The molecule has 3 rings (SSSR count). The molecule has 0 aliphatic heterocycles. The lowest BCUT2D eigenvalue weighted by molar-refractivity contribution is -0.146. The number of anilines is 1. The smallest absolute Gasteiger partial charge is 0.312 e. The molecule has 1 amide bonds. The van der Waals surface area contributed by atoms with E-state index < -0.39 is 5.97 Å². The van der Waals surface area contributed by atoms with Gasteiger partial charge in [-0.3, -0.25) is 9.59 Å². The van der Waals surface area contributed by atoms with Crippen LogP contribution in [0.25, 0.3) is 11.0 Å². The third-order valence-electron chi connectivity index (χ3n) is 3.63. The molecule has 1 N–H and O–H groups in total. The van der Waals surface area contributed by atoms with Gasteiger partial charge in [0.1, 0.15) is 5.69 Å². The Bertz CT molecular complexity index is 910. The fraction of sp³-hybridized carbons (Fsp3) is 0.211. The zero-order valence-electron chi connectivity index (χ0n) is 14.0. The number of para-hydroxylation sites is 1. The van der Waals surface area contributed by atoms with E-state index in [2.05, 4.69) is 10.5 Å². The largest absolute Gasteiger partial charge is 0.455 e. The molecule has 0 bridgehead atoms. The van der Waals surface area contributed by atoms with Crippen LogP contribution < -0.4 is 5.32 Å². The number of hydrogen-bond acceptors (Lipinski definition) is 5. The number of nitrogens with one attached hydrogen (secondary N) is 1. The summed E-state index contributed by atoms with van der Waals surface area (Å²) >= 11 is 0. The minimum Gasteiger partial charge on any atom is -0.455 e. The number of nitrogens with zero attached hydrogens (tertiary/aromatic N) is 1. The van der Waals surface area contributed by atoms with Crippen molar-refractivity contribution in [2.75, 3.05) is 11.9 Å². The predicted molar refractivity (Wildman–Crippen MR) is 93.2 cm³/mol. The summed E-state index contributed by atoms with van der Waals surface area (Å²) < 4.78 is 10.2. The molecule has 0 radical (unpaired) electrons. The Balaban J connectivity index is 1.54. The zero-order chi connectivity index (χ0) is 17.8. The summed E-state index contributed by atoms with van der Waals surface area (Å²) in [6.45, 7) is 3.55. The second-order valence-corrected chi connectivity index (χ2v) is 5.89. The number of ether oxygens (including phenoxy) is 1. The first-order chi connectivity index (χ1) is 12.0. The topological polar surface area (TPSA) is 81.4 Å². The molecule has 3 aromatic rings. The van der Waals surface area contributed by atoms with Gasteiger partial charge in [0.25, 0.3) is 5.91 Å². The lowest BCUT2D eigenvalue weighted by Crippen LogP contribution is -2.21. The highest BCUT2D eigenvalue weighted by Crippen LogP contribution is 2.18. The number of carbonyl (C=O) groups is 2. The molecule has 1 heterocycles. The molecule has 0 fully saturated rings. The molecule has 0 unspecified atom stereocenters. The number of carbonyl (C=O) groups excluding carboxylic acids is 2. The minimum absolute atomic E-state index is 0.0478. The summed E-state index contributed by atoms with van der Waals surface area (Å²) in [6, 6.07) is 13.0. The van der Waals surface area contributed by atoms with Crippen molar-refractivity contribution in [3.05, 3.63) is 59.3 Å². The highest BCUT2D eigenvalue weighted by Gasteiger charge is 2.14. The summed E-state index contributed by atoms with van der Waals surface area (Å²) in [7, 11) is 0. The van der Waals surface area contributed by atoms with Crippen LogP contribution in [0.4, 0.5) is 5.69 Å². The maximum absolute atomic E-state index is 11.9. The van der Waals surface area contributed by atoms with Crippen molar-refractivity contribution in [2.24, 2.45) is 0 Å². The van der Waals surface area contributed by atoms with Crippen LogP contribution in [-0.4, -0.2) is 23.6 Å². The standard InChI is InChI=1S/C19H18N2O4/c1-12-7-13(2)9-14(8-12)20-18(22)11-24-19(23)10-16-15-5-3-4-6-17(15)25-21-16/h3-9H,10-11H2,1-2H3,(H,20,22). The molecule has 1 aromatic heterocycles. The minimum atomic E-state index is -0.533. The molecule has 2 aromatic carbocycles. The monoisotopic (exact) mass is 338 g/mol. The Labute approximate surface area is 144 Å². The van der Waals surface area contributed by atoms with E-state index in [0.717, 1.165) is 16.5 Å². The fourth-order valence-electron chi connectivity index (χ4n) is 2.64. The van der Waals surface area contributed by atoms with Crippen molar-refractivity contribution < 1.29 is 18.8 Å². The van der Waals surface area contributed by atoms with E-state index in [4.69, 9.17) is 9.26 Å². The van der Waals surface area contributed by atoms with E-state index in [1.54, 1.807) is 6.07 Å². The summed E-state index contributed by atoms with van der Waals surface area (Å²) in [4.78, 5) is 23.9. The highest BCUT2D eigenvalue weighted by molar-refractivity contribution is 5.93. The van der Waals surface area contributed by atoms with Crippen molar-refractivity contribution >= 4 is 28.5 Å². The SMILES string of the molecule is Cc1cc(C)cc(NC(=O)COC(=O)Cc2noc3ccccc23)c1. The number of benzene rings is 2. The lowest BCUT2D eigenvalue weighted by atomic mass is 10.1. The highest BCUT2D eigenvalue weighted by atomic mass is 16.5. The molecule has 128 valence electrons. The number of hydrogen-bond donors (Lipinski definition) is 1. The molecule has 6 nitrogen and oxygen atoms in total. The molecule has 6 heteroatoms. The molecule has 0 aliphatic carbocycles. The van der Waals surface area contributed by atoms with Gasteiger partial charge in [0.2, 0.25) is 0 Å². The quantitative estimate of drug-likeness (QED) is 0.723. The first kappa shape index (κ1) is 16.7. The number of esters is 1. The van der Waals surface area contributed by atoms with Crippen LogP contribution in [0.15, 0.2) is 47.0 Å². The van der Waals surface area contributed by atoms with E-state index in [1.165, 1.54) is 0 Å². The molecular weight excluding hydrogens is 320 g/mol. The Hall–Kier alpha value is -3.15. The van der Waals surface area contributed by atoms with Crippen LogP contribution >= 0.6 is 0 Å². The Morgan fingerprint density at radius 3 is 2.60 bits per heavy atom. The average Bonchev–Trinajstić information content (AvgIpc) is 2.95. The van der Waals surface area contributed by atoms with E-state index in [9.17, 15) is 9.59 Å². The van der Waals surface area contributed by atoms with Gasteiger partial charge in [-0.25, -0.2) is 0 Å². The van der Waals surface area contributed by atoms with Gasteiger partial charge in [-0.05, 0) is 49.2 Å². The lowest BCUT2D eigenvalue weighted by Gasteiger charge is -2.08. The third kappa shape index (κ3) is 4.23. The predicted octanol–water partition coefficient (Wildman–Crippen LogP) is 3.17. The van der Waals surface area contributed by atoms with Gasteiger partial charge >= 0.3 is 5.97 Å². The number of fused-ring (bicyclic) bond motifs is 1. The first-order valence-corrected chi connectivity index (χ1v) is 7.88. The van der Waals surface area contributed by atoms with Gasteiger partial charge in [-0.1, -0.05) is 23.4 Å². The van der Waals surface area contributed by atoms with E-state index in [-0.39, 0.29) is 18.9 Å². The Kier molecular flexibility index (Phi) is 4.79.